The van der Waals surface area contributed by atoms with Crippen molar-refractivity contribution < 1.29 is 47.1 Å². The maximum atomic E-state index is 13.5. The molecule has 3 saturated heterocycles. The minimum Gasteiger partial charge on any atom is -0.461 e. The minimum atomic E-state index is -0.635. The van der Waals surface area contributed by atoms with Crippen molar-refractivity contribution in [2.45, 2.75) is 116 Å². The molecule has 0 bridgehead atoms. The molecule has 336 valence electrons. The molecular weight excluding hydrogens is 793 g/mol. The van der Waals surface area contributed by atoms with E-state index in [0.717, 1.165) is 50.4 Å². The van der Waals surface area contributed by atoms with Crippen molar-refractivity contribution in [1.29, 1.82) is 0 Å². The van der Waals surface area contributed by atoms with Gasteiger partial charge in [0.25, 0.3) is 0 Å². The molecule has 2 aromatic carbocycles. The largest absolute Gasteiger partial charge is 0.461 e. The number of anilines is 1. The molecule has 6 rings (SSSR count). The minimum absolute atomic E-state index is 0.0257. The van der Waals surface area contributed by atoms with Gasteiger partial charge in [0.05, 0.1) is 19.0 Å². The number of carbonyl (C=O) groups excluding carboxylic acids is 7. The fourth-order valence-electron chi connectivity index (χ4n) is 7.67. The molecule has 61 heavy (non-hydrogen) atoms. The monoisotopic (exact) mass is 855 g/mol. The van der Waals surface area contributed by atoms with Gasteiger partial charge in [-0.3, -0.25) is 33.7 Å². The Hall–Kier alpha value is -5.29. The van der Waals surface area contributed by atoms with Crippen molar-refractivity contribution in [1.82, 2.24) is 25.3 Å². The van der Waals surface area contributed by atoms with Crippen LogP contribution in [0.1, 0.15) is 82.8 Å². The molecule has 1 saturated carbocycles. The molecule has 3 heterocycles. The van der Waals surface area contributed by atoms with Gasteiger partial charge < -0.3 is 41.0 Å². The Morgan fingerprint density at radius 3 is 2.03 bits per heavy atom. The number of nitrogens with one attached hydrogen (secondary N) is 3. The fraction of sp³-hybridized carbons (Fsp3) is 0.568. The van der Waals surface area contributed by atoms with E-state index in [4.69, 9.17) is 10.5 Å². The number of aryl methyl sites for hydroxylation is 2. The highest BCUT2D eigenvalue weighted by Crippen LogP contribution is 2.54. The Kier molecular flexibility index (Phi) is 19.9. The molecule has 4 aliphatic rings. The molecule has 5 atom stereocenters. The number of likely N-dealkylation sites (tertiary alicyclic amines) is 3. The fourth-order valence-corrected chi connectivity index (χ4v) is 7.67. The van der Waals surface area contributed by atoms with E-state index < -0.39 is 35.9 Å². The summed E-state index contributed by atoms with van der Waals surface area (Å²) >= 11 is 0. The summed E-state index contributed by atoms with van der Waals surface area (Å²) in [5.41, 5.74) is 7.62. The van der Waals surface area contributed by atoms with Gasteiger partial charge in [0.15, 0.2) is 0 Å². The second-order valence-corrected chi connectivity index (χ2v) is 16.4. The Morgan fingerprint density at radius 2 is 1.51 bits per heavy atom. The molecule has 2 aromatic rings. The third-order valence-corrected chi connectivity index (χ3v) is 10.9. The molecule has 0 aromatic heterocycles. The number of hydrogen-bond acceptors (Lipinski definition) is 10. The zero-order valence-corrected chi connectivity index (χ0v) is 36.2. The summed E-state index contributed by atoms with van der Waals surface area (Å²) < 4.78 is 30.0. The van der Waals surface area contributed by atoms with Crippen LogP contribution in [0.2, 0.25) is 0 Å². The van der Waals surface area contributed by atoms with Gasteiger partial charge in [0, 0.05) is 31.4 Å². The maximum absolute atomic E-state index is 13.5. The van der Waals surface area contributed by atoms with Crippen molar-refractivity contribution >= 4 is 48.0 Å². The molecule has 5 N–H and O–H groups in total. The third-order valence-electron chi connectivity index (χ3n) is 10.9. The van der Waals surface area contributed by atoms with Gasteiger partial charge in [-0.1, -0.05) is 17.7 Å². The van der Waals surface area contributed by atoms with Crippen LogP contribution in [-0.2, 0) is 38.3 Å². The van der Waals surface area contributed by atoms with E-state index in [1.54, 1.807) is 37.6 Å². The Balaban J connectivity index is 0.000000318. The van der Waals surface area contributed by atoms with Crippen molar-refractivity contribution in [3.05, 3.63) is 65.2 Å². The summed E-state index contributed by atoms with van der Waals surface area (Å²) in [5, 5.41) is 7.80. The molecule has 15 nitrogen and oxygen atoms in total. The number of amides is 5. The van der Waals surface area contributed by atoms with Crippen LogP contribution in [0.4, 0.5) is 14.5 Å². The van der Waals surface area contributed by atoms with E-state index in [-0.39, 0.29) is 54.0 Å². The molecule has 4 fully saturated rings. The third kappa shape index (κ3) is 16.3. The number of nitrogens with two attached hydrogens (primary N) is 1. The number of aldehydes is 1. The van der Waals surface area contributed by atoms with Gasteiger partial charge in [-0.2, -0.15) is 0 Å². The van der Waals surface area contributed by atoms with E-state index >= 15 is 0 Å². The Labute approximate surface area is 357 Å². The van der Waals surface area contributed by atoms with E-state index in [1.165, 1.54) is 17.7 Å². The first-order valence-electron chi connectivity index (χ1n) is 20.8. The normalized spacial score (nSPS) is 20.8. The van der Waals surface area contributed by atoms with E-state index in [1.807, 2.05) is 38.2 Å². The van der Waals surface area contributed by atoms with Gasteiger partial charge in [0.2, 0.25) is 30.0 Å². The van der Waals surface area contributed by atoms with Crippen LogP contribution in [0.25, 0.3) is 0 Å². The molecule has 17 heteroatoms. The Bertz CT molecular complexity index is 1760. The molecule has 1 aliphatic carbocycles. The maximum Gasteiger partial charge on any atom is 0.323 e. The van der Waals surface area contributed by atoms with Crippen LogP contribution in [0.5, 0.6) is 0 Å². The van der Waals surface area contributed by atoms with Crippen LogP contribution in [0, 0.1) is 30.9 Å². The van der Waals surface area contributed by atoms with Crippen molar-refractivity contribution in [2.75, 3.05) is 45.6 Å². The summed E-state index contributed by atoms with van der Waals surface area (Å²) in [6.45, 7) is 9.08. The average molecular weight is 856 g/mol. The lowest BCUT2D eigenvalue weighted by Gasteiger charge is -2.38. The first-order valence-corrected chi connectivity index (χ1v) is 20.8. The summed E-state index contributed by atoms with van der Waals surface area (Å²) in [6.07, 6.45) is 7.33. The predicted octanol–water partition coefficient (Wildman–Crippen LogP) is 3.40. The highest BCUT2D eigenvalue weighted by molar-refractivity contribution is 5.93. The second-order valence-electron chi connectivity index (χ2n) is 16.4. The van der Waals surface area contributed by atoms with Crippen LogP contribution < -0.4 is 21.7 Å². The summed E-state index contributed by atoms with van der Waals surface area (Å²) in [7, 11) is 3.62. The number of hydrogen-bond donors (Lipinski definition) is 4. The number of nitrogens with zero attached hydrogens (tertiary/aromatic N) is 3. The van der Waals surface area contributed by atoms with Crippen molar-refractivity contribution in [3.63, 3.8) is 0 Å². The predicted molar refractivity (Wildman–Crippen MR) is 226 cm³/mol. The Morgan fingerprint density at radius 1 is 0.885 bits per heavy atom. The van der Waals surface area contributed by atoms with Gasteiger partial charge in [0.1, 0.15) is 42.2 Å². The van der Waals surface area contributed by atoms with E-state index in [2.05, 4.69) is 20.9 Å². The van der Waals surface area contributed by atoms with E-state index in [0.29, 0.717) is 50.6 Å². The second kappa shape index (κ2) is 24.2. The number of rotatable bonds is 12. The van der Waals surface area contributed by atoms with Gasteiger partial charge >= 0.3 is 5.97 Å². The van der Waals surface area contributed by atoms with Gasteiger partial charge in [-0.15, -0.1) is 0 Å². The quantitative estimate of drug-likeness (QED) is 0.181. The molecular formula is C44H63F2N7O8. The summed E-state index contributed by atoms with van der Waals surface area (Å²) in [6, 6.07) is 8.92. The SMILES string of the molecule is CC(C=O)NC(=O)C1CCCCN1C(=O)C1CCCN1C(=O)CC(C)OC(=O)C1CC2(CC2)CN1C.CNCC(N)=O.Cc1cc(F)cc(F)c1.Cc1ccc(NC=O)cc1. The number of ether oxygens (including phenoxy) is 1. The number of likely N-dealkylation sites (N-methyl/N-ethyl adjacent to an activating group) is 2. The number of esters is 1. The number of carbonyl (C=O) groups is 7. The highest BCUT2D eigenvalue weighted by atomic mass is 19.1. The smallest absolute Gasteiger partial charge is 0.323 e. The lowest BCUT2D eigenvalue weighted by atomic mass is 9.99. The van der Waals surface area contributed by atoms with Crippen LogP contribution >= 0.6 is 0 Å². The average Bonchev–Trinajstić information content (AvgIpc) is 3.60. The highest BCUT2D eigenvalue weighted by Gasteiger charge is 2.53. The molecule has 5 unspecified atom stereocenters. The lowest BCUT2D eigenvalue weighted by molar-refractivity contribution is -0.156. The molecule has 5 amide bonds. The number of piperidine rings is 1. The van der Waals surface area contributed by atoms with Crippen LogP contribution in [0.15, 0.2) is 42.5 Å². The van der Waals surface area contributed by atoms with Gasteiger partial charge in [-0.25, -0.2) is 8.78 Å². The van der Waals surface area contributed by atoms with Crippen molar-refractivity contribution in [3.8, 4) is 0 Å². The summed E-state index contributed by atoms with van der Waals surface area (Å²) in [4.78, 5) is 88.1. The zero-order valence-electron chi connectivity index (χ0n) is 36.2. The molecule has 3 aliphatic heterocycles. The molecule has 0 radical (unpaired) electrons. The number of primary amides is 1. The van der Waals surface area contributed by atoms with Crippen molar-refractivity contribution in [2.24, 2.45) is 11.1 Å². The first-order chi connectivity index (χ1) is 28.9. The zero-order chi connectivity index (χ0) is 45.3. The molecule has 1 spiro atoms. The standard InChI is InChI=1S/C26H40N4O6.C8H9NO.C7H6F2.C3H8N2O/c1-17(15-31)27-23(33)19-7-4-5-11-30(19)24(34)20-8-6-12-29(20)22(32)13-18(2)36-25(35)21-14-26(9-10-26)16-28(21)3;1-7-2-4-8(5-3-7)9-6-10;1-5-2-6(8)4-7(9)3-5;1-5-2-3(4)6/h15,17-21H,4-14,16H2,1-3H3,(H,27,33);2-6H,1H3,(H,9,10);2-4H,1H3;5H,2H2,1H3,(H2,4,6). The van der Waals surface area contributed by atoms with Gasteiger partial charge in [-0.05, 0) is 128 Å². The lowest BCUT2D eigenvalue weighted by Crippen LogP contribution is -2.58. The first kappa shape index (κ1) is 50.1. The van der Waals surface area contributed by atoms with E-state index in [9.17, 15) is 42.3 Å². The summed E-state index contributed by atoms with van der Waals surface area (Å²) in [5.74, 6) is -2.40. The number of halogens is 2. The topological polar surface area (TPSA) is 201 Å². The number of benzene rings is 2. The van der Waals surface area contributed by atoms with Crippen LogP contribution in [0.3, 0.4) is 0 Å². The van der Waals surface area contributed by atoms with Crippen LogP contribution in [-0.4, -0.2) is 128 Å².